The van der Waals surface area contributed by atoms with Crippen molar-refractivity contribution in [2.45, 2.75) is 26.8 Å². The van der Waals surface area contributed by atoms with Crippen LogP contribution < -0.4 is 5.32 Å². The molecule has 1 aromatic heterocycles. The Morgan fingerprint density at radius 3 is 2.62 bits per heavy atom. The average Bonchev–Trinajstić information content (AvgIpc) is 2.55. The molecule has 1 unspecified atom stereocenters. The van der Waals surface area contributed by atoms with E-state index in [1.165, 1.54) is 0 Å². The van der Waals surface area contributed by atoms with E-state index in [1.807, 2.05) is 27.8 Å². The molecule has 0 aliphatic carbocycles. The van der Waals surface area contributed by atoms with Crippen LogP contribution in [0.4, 0.5) is 0 Å². The topological polar surface area (TPSA) is 46.9 Å². The summed E-state index contributed by atoms with van der Waals surface area (Å²) in [5.41, 5.74) is 1.47. The molecule has 1 heterocycles. The Balaban J connectivity index is 2.76. The number of halogens is 1. The molecule has 4 nitrogen and oxygen atoms in total. The maximum Gasteiger partial charge on any atom is 0.255 e. The summed E-state index contributed by atoms with van der Waals surface area (Å²) in [5, 5.41) is 6.95. The van der Waals surface area contributed by atoms with Gasteiger partial charge >= 0.3 is 0 Å². The summed E-state index contributed by atoms with van der Waals surface area (Å²) < 4.78 is 1.68. The Morgan fingerprint density at radius 2 is 2.25 bits per heavy atom. The fourth-order valence-electron chi connectivity index (χ4n) is 1.35. The normalized spacial score (nSPS) is 12.9. The predicted octanol–water partition coefficient (Wildman–Crippen LogP) is 1.72. The first kappa shape index (κ1) is 13.0. The maximum atomic E-state index is 11.9. The van der Waals surface area contributed by atoms with Gasteiger partial charge in [0, 0.05) is 24.7 Å². The molecule has 1 amide bonds. The van der Waals surface area contributed by atoms with Crippen molar-refractivity contribution < 1.29 is 4.79 Å². The molecule has 1 aromatic rings. The van der Waals surface area contributed by atoms with Crippen LogP contribution in [0.2, 0.25) is 0 Å². The Bertz CT molecular complexity index is 373. The highest BCUT2D eigenvalue weighted by Crippen LogP contribution is 2.08. The summed E-state index contributed by atoms with van der Waals surface area (Å²) in [6.07, 6.45) is 1.58. The molecule has 0 saturated carbocycles. The maximum absolute atomic E-state index is 11.9. The predicted molar refractivity (Wildman–Crippen MR) is 64.8 cm³/mol. The number of hydrogen-bond donors (Lipinski definition) is 1. The van der Waals surface area contributed by atoms with Gasteiger partial charge in [-0.3, -0.25) is 9.48 Å². The van der Waals surface area contributed by atoms with E-state index in [1.54, 1.807) is 10.9 Å². The lowest BCUT2D eigenvalue weighted by Crippen LogP contribution is -2.40. The van der Waals surface area contributed by atoms with Gasteiger partial charge in [-0.1, -0.05) is 13.8 Å². The monoisotopic (exact) mass is 243 g/mol. The van der Waals surface area contributed by atoms with Gasteiger partial charge in [-0.25, -0.2) is 0 Å². The summed E-state index contributed by atoms with van der Waals surface area (Å²) in [5.74, 6) is 0.631. The molecule has 0 aromatic carbocycles. The van der Waals surface area contributed by atoms with Gasteiger partial charge in [0.2, 0.25) is 0 Å². The third-order valence-corrected chi connectivity index (χ3v) is 3.10. The molecule has 0 spiro atoms. The molecular formula is C11H18ClN3O. The summed E-state index contributed by atoms with van der Waals surface area (Å²) in [4.78, 5) is 11.9. The Kier molecular flexibility index (Phi) is 4.35. The minimum atomic E-state index is -0.107. The molecule has 1 atom stereocenters. The summed E-state index contributed by atoms with van der Waals surface area (Å²) in [6.45, 7) is 5.93. The van der Waals surface area contributed by atoms with Crippen molar-refractivity contribution in [1.82, 2.24) is 15.1 Å². The van der Waals surface area contributed by atoms with Crippen LogP contribution in [0.3, 0.4) is 0 Å². The first-order valence-corrected chi connectivity index (χ1v) is 5.86. The zero-order valence-corrected chi connectivity index (χ0v) is 10.9. The number of nitrogens with zero attached hydrogens (tertiary/aromatic N) is 2. The molecule has 0 bridgehead atoms. The van der Waals surface area contributed by atoms with E-state index >= 15 is 0 Å². The van der Waals surface area contributed by atoms with Crippen molar-refractivity contribution in [1.29, 1.82) is 0 Å². The van der Waals surface area contributed by atoms with Crippen molar-refractivity contribution >= 4 is 17.5 Å². The molecule has 90 valence electrons. The summed E-state index contributed by atoms with van der Waals surface area (Å²) in [6, 6.07) is -0.00577. The number of hydrogen-bond acceptors (Lipinski definition) is 2. The SMILES string of the molecule is Cc1c(C(=O)NC(CCl)C(C)C)cnn1C. The van der Waals surface area contributed by atoms with Crippen molar-refractivity contribution in [3.8, 4) is 0 Å². The molecule has 0 aliphatic heterocycles. The third kappa shape index (κ3) is 2.76. The highest BCUT2D eigenvalue weighted by molar-refractivity contribution is 6.18. The minimum Gasteiger partial charge on any atom is -0.348 e. The lowest BCUT2D eigenvalue weighted by atomic mass is 10.1. The third-order valence-electron chi connectivity index (χ3n) is 2.77. The lowest BCUT2D eigenvalue weighted by molar-refractivity contribution is 0.0930. The number of rotatable bonds is 4. The van der Waals surface area contributed by atoms with Gasteiger partial charge in [0.15, 0.2) is 0 Å². The van der Waals surface area contributed by atoms with Gasteiger partial charge in [-0.05, 0) is 12.8 Å². The number of aryl methyl sites for hydroxylation is 1. The summed E-state index contributed by atoms with van der Waals surface area (Å²) >= 11 is 5.80. The van der Waals surface area contributed by atoms with Crippen molar-refractivity contribution in [2.75, 3.05) is 5.88 Å². The molecule has 16 heavy (non-hydrogen) atoms. The van der Waals surface area contributed by atoms with Crippen molar-refractivity contribution in [3.63, 3.8) is 0 Å². The number of amides is 1. The Labute approximate surface area is 101 Å². The first-order valence-electron chi connectivity index (χ1n) is 5.32. The van der Waals surface area contributed by atoms with Gasteiger partial charge in [0.25, 0.3) is 5.91 Å². The molecule has 0 radical (unpaired) electrons. The average molecular weight is 244 g/mol. The number of aromatic nitrogens is 2. The van der Waals surface area contributed by atoms with E-state index in [-0.39, 0.29) is 11.9 Å². The second-order valence-corrected chi connectivity index (χ2v) is 4.55. The van der Waals surface area contributed by atoms with Crippen LogP contribution in [0, 0.1) is 12.8 Å². The van der Waals surface area contributed by atoms with Crippen LogP contribution in [-0.4, -0.2) is 27.6 Å². The van der Waals surface area contributed by atoms with Crippen LogP contribution in [0.25, 0.3) is 0 Å². The Morgan fingerprint density at radius 1 is 1.62 bits per heavy atom. The Hall–Kier alpha value is -1.03. The molecule has 1 rings (SSSR count). The molecule has 0 aliphatic rings. The van der Waals surface area contributed by atoms with Gasteiger partial charge < -0.3 is 5.32 Å². The van der Waals surface area contributed by atoms with E-state index in [4.69, 9.17) is 11.6 Å². The second kappa shape index (κ2) is 5.34. The lowest BCUT2D eigenvalue weighted by Gasteiger charge is -2.19. The van der Waals surface area contributed by atoms with E-state index in [0.717, 1.165) is 5.69 Å². The van der Waals surface area contributed by atoms with Crippen molar-refractivity contribution in [2.24, 2.45) is 13.0 Å². The first-order chi connectivity index (χ1) is 7.47. The number of nitrogens with one attached hydrogen (secondary N) is 1. The minimum absolute atomic E-state index is 0.00577. The van der Waals surface area contributed by atoms with Crippen LogP contribution in [0.1, 0.15) is 29.9 Å². The van der Waals surface area contributed by atoms with Gasteiger partial charge in [-0.15, -0.1) is 11.6 Å². The van der Waals surface area contributed by atoms with Crippen LogP contribution >= 0.6 is 11.6 Å². The molecular weight excluding hydrogens is 226 g/mol. The largest absolute Gasteiger partial charge is 0.348 e. The van der Waals surface area contributed by atoms with E-state index in [0.29, 0.717) is 17.4 Å². The zero-order chi connectivity index (χ0) is 12.3. The highest BCUT2D eigenvalue weighted by atomic mass is 35.5. The van der Waals surface area contributed by atoms with Gasteiger partial charge in [0.1, 0.15) is 0 Å². The van der Waals surface area contributed by atoms with Gasteiger partial charge in [0.05, 0.1) is 11.8 Å². The van der Waals surface area contributed by atoms with E-state index in [9.17, 15) is 4.79 Å². The van der Waals surface area contributed by atoms with Crippen molar-refractivity contribution in [3.05, 3.63) is 17.5 Å². The van der Waals surface area contributed by atoms with Gasteiger partial charge in [-0.2, -0.15) is 5.10 Å². The van der Waals surface area contributed by atoms with Crippen LogP contribution in [0.5, 0.6) is 0 Å². The standard InChI is InChI=1S/C11H18ClN3O/c1-7(2)10(5-12)14-11(16)9-6-13-15(4)8(9)3/h6-7,10H,5H2,1-4H3,(H,14,16). The molecule has 5 heteroatoms. The fraction of sp³-hybridized carbons (Fsp3) is 0.636. The fourth-order valence-corrected chi connectivity index (χ4v) is 1.78. The number of alkyl halides is 1. The van der Waals surface area contributed by atoms with E-state index < -0.39 is 0 Å². The highest BCUT2D eigenvalue weighted by Gasteiger charge is 2.18. The number of carbonyl (C=O) groups is 1. The molecule has 0 fully saturated rings. The van der Waals surface area contributed by atoms with Crippen LogP contribution in [-0.2, 0) is 7.05 Å². The number of carbonyl (C=O) groups excluding carboxylic acids is 1. The molecule has 0 saturated heterocycles. The zero-order valence-electron chi connectivity index (χ0n) is 10.1. The van der Waals surface area contributed by atoms with E-state index in [2.05, 4.69) is 10.4 Å². The summed E-state index contributed by atoms with van der Waals surface area (Å²) in [7, 11) is 1.81. The smallest absolute Gasteiger partial charge is 0.255 e. The second-order valence-electron chi connectivity index (χ2n) is 4.25. The molecule has 1 N–H and O–H groups in total. The van der Waals surface area contributed by atoms with Crippen LogP contribution in [0.15, 0.2) is 6.20 Å². The quantitative estimate of drug-likeness (QED) is 0.819.